The molecule has 0 amide bonds. The highest BCUT2D eigenvalue weighted by Crippen LogP contribution is 2.34. The fourth-order valence-electron chi connectivity index (χ4n) is 4.34. The van der Waals surface area contributed by atoms with Crippen molar-refractivity contribution in [1.29, 1.82) is 0 Å². The van der Waals surface area contributed by atoms with E-state index in [1.165, 1.54) is 35.0 Å². The summed E-state index contributed by atoms with van der Waals surface area (Å²) in [5, 5.41) is 3.08. The van der Waals surface area contributed by atoms with Gasteiger partial charge in [-0.05, 0) is 32.4 Å². The van der Waals surface area contributed by atoms with Crippen LogP contribution < -0.4 is 10.1 Å². The Morgan fingerprint density at radius 1 is 1.18 bits per heavy atom. The number of ether oxygens (including phenoxy) is 3. The molecule has 3 heterocycles. The van der Waals surface area contributed by atoms with Crippen LogP contribution >= 0.6 is 0 Å². The maximum Gasteiger partial charge on any atom is 0.573 e. The van der Waals surface area contributed by atoms with Crippen molar-refractivity contribution in [2.75, 3.05) is 18.4 Å². The highest BCUT2D eigenvalue weighted by molar-refractivity contribution is 7.89. The Balaban J connectivity index is 1.59. The van der Waals surface area contributed by atoms with Crippen LogP contribution in [0.25, 0.3) is 0 Å². The number of imidazole rings is 1. The molecule has 2 aliphatic heterocycles. The largest absolute Gasteiger partial charge is 0.573 e. The van der Waals surface area contributed by atoms with Gasteiger partial charge in [0.2, 0.25) is 0 Å². The van der Waals surface area contributed by atoms with Crippen LogP contribution in [0.2, 0.25) is 0 Å². The second-order valence-electron chi connectivity index (χ2n) is 8.69. The van der Waals surface area contributed by atoms with Crippen molar-refractivity contribution in [3.63, 3.8) is 0 Å². The van der Waals surface area contributed by atoms with E-state index in [-0.39, 0.29) is 36.1 Å². The van der Waals surface area contributed by atoms with Crippen LogP contribution in [0.4, 0.5) is 18.9 Å². The van der Waals surface area contributed by atoms with E-state index in [1.807, 2.05) is 13.8 Å². The Labute approximate surface area is 195 Å². The molecule has 0 aliphatic carbocycles. The first-order valence-corrected chi connectivity index (χ1v) is 12.3. The van der Waals surface area contributed by atoms with Crippen LogP contribution in [-0.2, 0) is 26.5 Å². The van der Waals surface area contributed by atoms with Gasteiger partial charge in [0.1, 0.15) is 5.75 Å². The highest BCUT2D eigenvalue weighted by Gasteiger charge is 2.46. The van der Waals surface area contributed by atoms with E-state index in [0.29, 0.717) is 12.1 Å². The van der Waals surface area contributed by atoms with Crippen LogP contribution in [0, 0.1) is 5.92 Å². The van der Waals surface area contributed by atoms with E-state index in [4.69, 9.17) is 9.47 Å². The lowest BCUT2D eigenvalue weighted by Crippen LogP contribution is -2.45. The lowest BCUT2D eigenvalue weighted by atomic mass is 10.0. The molecule has 0 bridgehead atoms. The van der Waals surface area contributed by atoms with E-state index < -0.39 is 34.6 Å². The van der Waals surface area contributed by atoms with Gasteiger partial charge in [-0.2, -0.15) is 4.31 Å². The predicted octanol–water partition coefficient (Wildman–Crippen LogP) is 2.96. The standard InChI is InChI=1S/C21H27F3N4O5S/c1-13-7-14(2)32-20(31-13)17-9-28(34(29,30)19-11-27(3)12-25-19)10-18(17)26-15-5-4-6-16(8-15)33-21(22,23)24/h4-6,8,11-14,17-18,20,26H,7,9-10H2,1-3H3/t13-,14-,17+,18+/m1/s1. The van der Waals surface area contributed by atoms with Crippen molar-refractivity contribution in [3.05, 3.63) is 36.8 Å². The monoisotopic (exact) mass is 504 g/mol. The average Bonchev–Trinajstić information content (AvgIpc) is 3.33. The summed E-state index contributed by atoms with van der Waals surface area (Å²) in [7, 11) is -2.22. The van der Waals surface area contributed by atoms with Crippen LogP contribution in [0.3, 0.4) is 0 Å². The van der Waals surface area contributed by atoms with Crippen LogP contribution in [0.5, 0.6) is 5.75 Å². The first-order chi connectivity index (χ1) is 15.9. The Kier molecular flexibility index (Phi) is 6.82. The van der Waals surface area contributed by atoms with Crippen LogP contribution in [0.1, 0.15) is 20.3 Å². The van der Waals surface area contributed by atoms with Gasteiger partial charge in [0.25, 0.3) is 10.0 Å². The molecule has 1 aromatic heterocycles. The first-order valence-electron chi connectivity index (χ1n) is 10.8. The molecule has 1 aromatic carbocycles. The van der Waals surface area contributed by atoms with Crippen molar-refractivity contribution in [3.8, 4) is 5.75 Å². The molecule has 0 radical (unpaired) electrons. The first kappa shape index (κ1) is 24.8. The minimum Gasteiger partial charge on any atom is -0.406 e. The molecule has 34 heavy (non-hydrogen) atoms. The number of hydrogen-bond donors (Lipinski definition) is 1. The second kappa shape index (κ2) is 9.36. The number of sulfonamides is 1. The summed E-state index contributed by atoms with van der Waals surface area (Å²) >= 11 is 0. The molecule has 1 N–H and O–H groups in total. The van der Waals surface area contributed by atoms with Gasteiger partial charge < -0.3 is 24.1 Å². The minimum atomic E-state index is -4.82. The number of rotatable bonds is 6. The number of aryl methyl sites for hydroxylation is 1. The van der Waals surface area contributed by atoms with E-state index >= 15 is 0 Å². The Bertz CT molecular complexity index is 1100. The van der Waals surface area contributed by atoms with Gasteiger partial charge in [0.15, 0.2) is 11.3 Å². The number of aromatic nitrogens is 2. The lowest BCUT2D eigenvalue weighted by Gasteiger charge is -2.37. The number of alkyl halides is 3. The lowest BCUT2D eigenvalue weighted by molar-refractivity contribution is -0.274. The van der Waals surface area contributed by atoms with Crippen LogP contribution in [0.15, 0.2) is 41.8 Å². The van der Waals surface area contributed by atoms with E-state index in [0.717, 1.165) is 0 Å². The molecule has 13 heteroatoms. The average molecular weight is 505 g/mol. The normalized spacial score (nSPS) is 28.7. The number of nitrogens with one attached hydrogen (secondary N) is 1. The molecule has 9 nitrogen and oxygen atoms in total. The van der Waals surface area contributed by atoms with E-state index in [1.54, 1.807) is 17.7 Å². The molecule has 2 aliphatic rings. The Morgan fingerprint density at radius 2 is 1.88 bits per heavy atom. The molecular formula is C21H27F3N4O5S. The third kappa shape index (κ3) is 5.65. The molecule has 2 fully saturated rings. The zero-order valence-corrected chi connectivity index (χ0v) is 19.7. The third-order valence-electron chi connectivity index (χ3n) is 5.78. The van der Waals surface area contributed by atoms with Crippen molar-refractivity contribution < 1.29 is 35.8 Å². The number of anilines is 1. The van der Waals surface area contributed by atoms with E-state index in [2.05, 4.69) is 15.0 Å². The summed E-state index contributed by atoms with van der Waals surface area (Å²) in [6.45, 7) is 3.99. The summed E-state index contributed by atoms with van der Waals surface area (Å²) in [5.74, 6) is -0.798. The summed E-state index contributed by atoms with van der Waals surface area (Å²) in [6.07, 6.45) is -2.15. The number of hydrogen-bond acceptors (Lipinski definition) is 7. The maximum absolute atomic E-state index is 13.2. The number of nitrogens with zero attached hydrogens (tertiary/aromatic N) is 3. The molecule has 0 unspecified atom stereocenters. The van der Waals surface area contributed by atoms with Gasteiger partial charge in [-0.15, -0.1) is 13.2 Å². The summed E-state index contributed by atoms with van der Waals surface area (Å²) in [4.78, 5) is 3.98. The summed E-state index contributed by atoms with van der Waals surface area (Å²) < 4.78 is 83.2. The summed E-state index contributed by atoms with van der Waals surface area (Å²) in [6, 6.07) is 4.92. The fourth-order valence-corrected chi connectivity index (χ4v) is 5.81. The summed E-state index contributed by atoms with van der Waals surface area (Å²) in [5.41, 5.74) is 0.353. The van der Waals surface area contributed by atoms with Crippen LogP contribution in [-0.4, -0.2) is 66.3 Å². The van der Waals surface area contributed by atoms with Crippen molar-refractivity contribution in [1.82, 2.24) is 13.9 Å². The molecule has 4 rings (SSSR count). The molecule has 0 spiro atoms. The molecule has 0 saturated carbocycles. The predicted molar refractivity (Wildman–Crippen MR) is 115 cm³/mol. The molecule has 4 atom stereocenters. The quantitative estimate of drug-likeness (QED) is 0.646. The number of halogens is 3. The molecule has 2 saturated heterocycles. The number of benzene rings is 1. The van der Waals surface area contributed by atoms with Crippen molar-refractivity contribution in [2.45, 2.75) is 56.2 Å². The second-order valence-corrected chi connectivity index (χ2v) is 10.6. The van der Waals surface area contributed by atoms with Gasteiger partial charge in [0.05, 0.1) is 18.5 Å². The highest BCUT2D eigenvalue weighted by atomic mass is 32.2. The molecule has 2 aromatic rings. The minimum absolute atomic E-state index is 0.0555. The van der Waals surface area contributed by atoms with E-state index in [9.17, 15) is 21.6 Å². The Morgan fingerprint density at radius 3 is 2.50 bits per heavy atom. The zero-order chi connectivity index (χ0) is 24.7. The van der Waals surface area contributed by atoms with Gasteiger partial charge in [-0.3, -0.25) is 0 Å². The maximum atomic E-state index is 13.2. The zero-order valence-electron chi connectivity index (χ0n) is 18.9. The van der Waals surface area contributed by atoms with Crippen molar-refractivity contribution >= 4 is 15.7 Å². The molecule has 188 valence electrons. The smallest absolute Gasteiger partial charge is 0.406 e. The van der Waals surface area contributed by atoms with Gasteiger partial charge in [-0.25, -0.2) is 13.4 Å². The van der Waals surface area contributed by atoms with Gasteiger partial charge >= 0.3 is 6.36 Å². The Hall–Kier alpha value is -2.35. The van der Waals surface area contributed by atoms with Gasteiger partial charge in [-0.1, -0.05) is 6.07 Å². The van der Waals surface area contributed by atoms with Crippen molar-refractivity contribution in [2.24, 2.45) is 13.0 Å². The topological polar surface area (TPSA) is 94.9 Å². The van der Waals surface area contributed by atoms with Gasteiger partial charge in [0, 0.05) is 50.0 Å². The SMILES string of the molecule is C[C@@H]1C[C@@H](C)OC([C@H]2CN(S(=O)(=O)c3cn(C)cn3)C[C@@H]2Nc2cccc(OC(F)(F)F)c2)O1. The third-order valence-corrected chi connectivity index (χ3v) is 7.50. The fraction of sp³-hybridized carbons (Fsp3) is 0.571. The molecular weight excluding hydrogens is 477 g/mol.